The Hall–Kier alpha value is -0.790. The first-order valence-corrected chi connectivity index (χ1v) is 7.97. The molecule has 4 fully saturated rings. The molecule has 112 valence electrons. The van der Waals surface area contributed by atoms with Crippen LogP contribution in [0.2, 0.25) is 0 Å². The van der Waals surface area contributed by atoms with Crippen LogP contribution in [0.4, 0.5) is 0 Å². The zero-order chi connectivity index (χ0) is 14.8. The van der Waals surface area contributed by atoms with Crippen molar-refractivity contribution in [2.24, 2.45) is 22.2 Å². The van der Waals surface area contributed by atoms with Crippen LogP contribution in [0.25, 0.3) is 0 Å². The Kier molecular flexibility index (Phi) is 2.76. The number of carbonyl (C=O) groups is 1. The quantitative estimate of drug-likeness (QED) is 0.561. The highest BCUT2D eigenvalue weighted by Crippen LogP contribution is 2.72. The van der Waals surface area contributed by atoms with Crippen LogP contribution in [-0.2, 0) is 9.53 Å². The molecule has 0 aliphatic heterocycles. The molecular weight excluding hydrogens is 248 g/mol. The molecule has 2 atom stereocenters. The van der Waals surface area contributed by atoms with Gasteiger partial charge in [0, 0.05) is 11.5 Å². The molecule has 0 amide bonds. The third-order valence-electron chi connectivity index (χ3n) is 6.43. The van der Waals surface area contributed by atoms with Gasteiger partial charge in [-0.2, -0.15) is 0 Å². The Labute approximate surface area is 123 Å². The molecule has 4 rings (SSSR count). The van der Waals surface area contributed by atoms with Gasteiger partial charge < -0.3 is 4.74 Å². The Morgan fingerprint density at radius 3 is 2.15 bits per heavy atom. The van der Waals surface area contributed by atoms with Crippen LogP contribution < -0.4 is 0 Å². The molecule has 0 spiro atoms. The van der Waals surface area contributed by atoms with Crippen LogP contribution in [0.3, 0.4) is 0 Å². The van der Waals surface area contributed by atoms with E-state index in [9.17, 15) is 4.79 Å². The second-order valence-corrected chi connectivity index (χ2v) is 9.05. The van der Waals surface area contributed by atoms with Crippen molar-refractivity contribution >= 4 is 5.97 Å². The molecule has 4 aliphatic rings. The summed E-state index contributed by atoms with van der Waals surface area (Å²) in [5.74, 6) is 0.545. The van der Waals surface area contributed by atoms with Gasteiger partial charge in [-0.25, -0.2) is 4.79 Å². The van der Waals surface area contributed by atoms with Crippen molar-refractivity contribution in [3.8, 4) is 0 Å². The minimum Gasteiger partial charge on any atom is -0.456 e. The average molecular weight is 276 g/mol. The topological polar surface area (TPSA) is 26.3 Å². The Morgan fingerprint density at radius 2 is 1.70 bits per heavy atom. The summed E-state index contributed by atoms with van der Waals surface area (Å²) >= 11 is 0. The minimum absolute atomic E-state index is 0.161. The lowest BCUT2D eigenvalue weighted by Gasteiger charge is -2.68. The van der Waals surface area contributed by atoms with Gasteiger partial charge in [-0.15, -0.1) is 0 Å². The van der Waals surface area contributed by atoms with Crippen LogP contribution in [-0.4, -0.2) is 11.6 Å². The maximum atomic E-state index is 11.7. The molecule has 0 heterocycles. The molecule has 0 saturated heterocycles. The van der Waals surface area contributed by atoms with Gasteiger partial charge in [0.1, 0.15) is 5.60 Å². The van der Waals surface area contributed by atoms with Gasteiger partial charge in [-0.05, 0) is 69.1 Å². The van der Waals surface area contributed by atoms with Gasteiger partial charge in [0.2, 0.25) is 0 Å². The minimum atomic E-state index is -0.389. The highest BCUT2D eigenvalue weighted by molar-refractivity contribution is 5.81. The predicted molar refractivity (Wildman–Crippen MR) is 80.2 cm³/mol. The first kappa shape index (κ1) is 14.2. The van der Waals surface area contributed by atoms with E-state index in [4.69, 9.17) is 4.74 Å². The summed E-state index contributed by atoms with van der Waals surface area (Å²) < 4.78 is 5.80. The van der Waals surface area contributed by atoms with E-state index in [1.54, 1.807) is 0 Å². The van der Waals surface area contributed by atoms with Gasteiger partial charge in [0.15, 0.2) is 0 Å². The zero-order valence-corrected chi connectivity index (χ0v) is 13.4. The van der Waals surface area contributed by atoms with Crippen molar-refractivity contribution in [1.82, 2.24) is 0 Å². The molecule has 2 unspecified atom stereocenters. The molecule has 0 N–H and O–H groups in total. The zero-order valence-electron chi connectivity index (χ0n) is 13.4. The van der Waals surface area contributed by atoms with Crippen molar-refractivity contribution in [2.45, 2.75) is 71.8 Å². The van der Waals surface area contributed by atoms with Crippen LogP contribution in [0.1, 0.15) is 66.2 Å². The summed E-state index contributed by atoms with van der Waals surface area (Å²) in [6.07, 6.45) is 9.05. The summed E-state index contributed by atoms with van der Waals surface area (Å²) in [6.45, 7) is 12.7. The van der Waals surface area contributed by atoms with E-state index in [1.165, 1.54) is 44.6 Å². The number of carbonyl (C=O) groups excluding carboxylic acids is 1. The first-order chi connectivity index (χ1) is 9.11. The molecule has 2 heteroatoms. The number of hydrogen-bond donors (Lipinski definition) is 0. The van der Waals surface area contributed by atoms with E-state index >= 15 is 0 Å². The second-order valence-electron chi connectivity index (χ2n) is 9.05. The van der Waals surface area contributed by atoms with Gasteiger partial charge in [0.25, 0.3) is 0 Å². The van der Waals surface area contributed by atoms with E-state index in [2.05, 4.69) is 34.3 Å². The lowest BCUT2D eigenvalue weighted by Crippen LogP contribution is -2.62. The van der Waals surface area contributed by atoms with Gasteiger partial charge in [0.05, 0.1) is 0 Å². The van der Waals surface area contributed by atoms with Crippen LogP contribution >= 0.6 is 0 Å². The molecule has 0 aromatic carbocycles. The first-order valence-electron chi connectivity index (χ1n) is 7.97. The molecule has 2 nitrogen and oxygen atoms in total. The van der Waals surface area contributed by atoms with E-state index in [1.807, 2.05) is 0 Å². The maximum Gasteiger partial charge on any atom is 0.330 e. The number of ether oxygens (including phenoxy) is 1. The molecule has 4 saturated carbocycles. The fourth-order valence-corrected chi connectivity index (χ4v) is 6.52. The monoisotopic (exact) mass is 276 g/mol. The van der Waals surface area contributed by atoms with Gasteiger partial charge in [-0.3, -0.25) is 0 Å². The SMILES string of the molecule is C=CC(=O)OC(C)(C)C12CC3CC(C)(CC(C)(C3)C1)C2. The average Bonchev–Trinajstić information content (AvgIpc) is 2.22. The fourth-order valence-electron chi connectivity index (χ4n) is 6.52. The molecular formula is C18H28O2. The summed E-state index contributed by atoms with van der Waals surface area (Å²) in [6, 6.07) is 0. The molecule has 0 aromatic rings. The smallest absolute Gasteiger partial charge is 0.330 e. The van der Waals surface area contributed by atoms with Crippen molar-refractivity contribution in [3.05, 3.63) is 12.7 Å². The maximum absolute atomic E-state index is 11.7. The summed E-state index contributed by atoms with van der Waals surface area (Å²) in [7, 11) is 0. The van der Waals surface area contributed by atoms with Crippen LogP contribution in [0.5, 0.6) is 0 Å². The summed E-state index contributed by atoms with van der Waals surface area (Å²) in [4.78, 5) is 11.7. The molecule has 0 radical (unpaired) electrons. The third kappa shape index (κ3) is 1.95. The Bertz CT molecular complexity index is 444. The standard InChI is InChI=1S/C18H28O2/c1-6-14(19)20-15(2,3)18-9-13-7-16(4,11-18)10-17(5,8-13)12-18/h6,13H,1,7-12H2,2-5H3. The fraction of sp³-hybridized carbons (Fsp3) is 0.833. The highest BCUT2D eigenvalue weighted by atomic mass is 16.6. The number of rotatable bonds is 3. The van der Waals surface area contributed by atoms with Crippen molar-refractivity contribution in [2.75, 3.05) is 0 Å². The van der Waals surface area contributed by atoms with Gasteiger partial charge >= 0.3 is 5.97 Å². The largest absolute Gasteiger partial charge is 0.456 e. The third-order valence-corrected chi connectivity index (χ3v) is 6.43. The van der Waals surface area contributed by atoms with E-state index < -0.39 is 0 Å². The van der Waals surface area contributed by atoms with E-state index in [0.29, 0.717) is 10.8 Å². The van der Waals surface area contributed by atoms with E-state index in [-0.39, 0.29) is 17.0 Å². The molecule has 20 heavy (non-hydrogen) atoms. The number of esters is 1. The van der Waals surface area contributed by atoms with Crippen LogP contribution in [0, 0.1) is 22.2 Å². The van der Waals surface area contributed by atoms with Crippen molar-refractivity contribution < 1.29 is 9.53 Å². The normalized spacial score (nSPS) is 46.3. The molecule has 4 aliphatic carbocycles. The predicted octanol–water partition coefficient (Wildman–Crippen LogP) is 4.49. The Balaban J connectivity index is 1.96. The van der Waals surface area contributed by atoms with Gasteiger partial charge in [-0.1, -0.05) is 20.4 Å². The summed E-state index contributed by atoms with van der Waals surface area (Å²) in [5.41, 5.74) is 0.674. The van der Waals surface area contributed by atoms with E-state index in [0.717, 1.165) is 5.92 Å². The lowest BCUT2D eigenvalue weighted by atomic mass is 9.38. The Morgan fingerprint density at radius 1 is 1.15 bits per heavy atom. The highest BCUT2D eigenvalue weighted by Gasteiger charge is 2.65. The summed E-state index contributed by atoms with van der Waals surface area (Å²) in [5, 5.41) is 0. The number of hydrogen-bond acceptors (Lipinski definition) is 2. The second kappa shape index (κ2) is 3.90. The molecule has 4 bridgehead atoms. The van der Waals surface area contributed by atoms with Crippen molar-refractivity contribution in [1.29, 1.82) is 0 Å². The van der Waals surface area contributed by atoms with Crippen LogP contribution in [0.15, 0.2) is 12.7 Å². The van der Waals surface area contributed by atoms with Crippen molar-refractivity contribution in [3.63, 3.8) is 0 Å². The molecule has 0 aromatic heterocycles. The lowest BCUT2D eigenvalue weighted by molar-refractivity contribution is -0.226.